The molecule has 0 radical (unpaired) electrons. The Morgan fingerprint density at radius 3 is 2.57 bits per heavy atom. The minimum Gasteiger partial charge on any atom is -0.309 e. The molecular formula is C12H24N2. The smallest absolute Gasteiger partial charge is 0.0253 e. The Morgan fingerprint density at radius 2 is 2.07 bits per heavy atom. The Kier molecular flexibility index (Phi) is 2.85. The molecule has 1 aliphatic carbocycles. The van der Waals surface area contributed by atoms with Gasteiger partial charge in [0.25, 0.3) is 0 Å². The van der Waals surface area contributed by atoms with Crippen LogP contribution in [0.1, 0.15) is 46.5 Å². The highest BCUT2D eigenvalue weighted by molar-refractivity contribution is 4.96. The lowest BCUT2D eigenvalue weighted by Gasteiger charge is -2.50. The van der Waals surface area contributed by atoms with Crippen molar-refractivity contribution < 1.29 is 0 Å². The van der Waals surface area contributed by atoms with Crippen molar-refractivity contribution in [3.8, 4) is 0 Å². The quantitative estimate of drug-likeness (QED) is 0.726. The first kappa shape index (κ1) is 10.4. The van der Waals surface area contributed by atoms with Crippen molar-refractivity contribution in [2.75, 3.05) is 13.1 Å². The molecule has 2 rings (SSSR count). The molecule has 14 heavy (non-hydrogen) atoms. The molecule has 1 saturated heterocycles. The molecule has 1 unspecified atom stereocenters. The molecule has 0 amide bonds. The molecular weight excluding hydrogens is 172 g/mol. The molecule has 0 spiro atoms. The molecule has 2 nitrogen and oxygen atoms in total. The van der Waals surface area contributed by atoms with E-state index in [0.29, 0.717) is 5.54 Å². The van der Waals surface area contributed by atoms with Crippen LogP contribution in [0.25, 0.3) is 0 Å². The lowest BCUT2D eigenvalue weighted by atomic mass is 9.86. The number of rotatable bonds is 2. The third kappa shape index (κ3) is 1.96. The highest BCUT2D eigenvalue weighted by atomic mass is 15.3. The Hall–Kier alpha value is -0.0800. The molecule has 0 aromatic heterocycles. The van der Waals surface area contributed by atoms with E-state index in [1.807, 2.05) is 0 Å². The number of piperazine rings is 1. The van der Waals surface area contributed by atoms with Crippen molar-refractivity contribution in [3.05, 3.63) is 0 Å². The van der Waals surface area contributed by atoms with Gasteiger partial charge >= 0.3 is 0 Å². The molecule has 1 saturated carbocycles. The van der Waals surface area contributed by atoms with E-state index in [9.17, 15) is 0 Å². The lowest BCUT2D eigenvalue weighted by molar-refractivity contribution is 0.0197. The lowest BCUT2D eigenvalue weighted by Crippen LogP contribution is -2.64. The van der Waals surface area contributed by atoms with Gasteiger partial charge in [-0.2, -0.15) is 0 Å². The topological polar surface area (TPSA) is 15.3 Å². The Labute approximate surface area is 88.1 Å². The molecule has 1 atom stereocenters. The average molecular weight is 196 g/mol. The Balaban J connectivity index is 2.00. The van der Waals surface area contributed by atoms with Crippen molar-refractivity contribution in [3.63, 3.8) is 0 Å². The number of nitrogens with zero attached hydrogens (tertiary/aromatic N) is 1. The van der Waals surface area contributed by atoms with Crippen molar-refractivity contribution >= 4 is 0 Å². The normalized spacial score (nSPS) is 34.1. The zero-order valence-corrected chi connectivity index (χ0v) is 9.84. The van der Waals surface area contributed by atoms with Crippen LogP contribution in [-0.4, -0.2) is 35.6 Å². The van der Waals surface area contributed by atoms with Crippen LogP contribution in [0, 0.1) is 0 Å². The van der Waals surface area contributed by atoms with Gasteiger partial charge in [-0.05, 0) is 33.1 Å². The first-order valence-electron chi connectivity index (χ1n) is 6.13. The molecule has 0 aromatic carbocycles. The Morgan fingerprint density at radius 1 is 1.36 bits per heavy atom. The van der Waals surface area contributed by atoms with Gasteiger partial charge in [-0.25, -0.2) is 0 Å². The van der Waals surface area contributed by atoms with Crippen LogP contribution in [0.15, 0.2) is 0 Å². The van der Waals surface area contributed by atoms with E-state index in [4.69, 9.17) is 0 Å². The summed E-state index contributed by atoms with van der Waals surface area (Å²) in [7, 11) is 0. The maximum atomic E-state index is 3.65. The molecule has 1 aliphatic heterocycles. The average Bonchev–Trinajstić information content (AvgIpc) is 2.00. The summed E-state index contributed by atoms with van der Waals surface area (Å²) in [5.41, 5.74) is 0.321. The highest BCUT2D eigenvalue weighted by Crippen LogP contribution is 2.30. The van der Waals surface area contributed by atoms with Crippen molar-refractivity contribution in [1.82, 2.24) is 10.2 Å². The van der Waals surface area contributed by atoms with Crippen LogP contribution in [-0.2, 0) is 0 Å². The van der Waals surface area contributed by atoms with Gasteiger partial charge in [-0.1, -0.05) is 13.3 Å². The summed E-state index contributed by atoms with van der Waals surface area (Å²) >= 11 is 0. The minimum atomic E-state index is 0.321. The van der Waals surface area contributed by atoms with E-state index in [2.05, 4.69) is 31.0 Å². The summed E-state index contributed by atoms with van der Waals surface area (Å²) in [6, 6.07) is 1.69. The summed E-state index contributed by atoms with van der Waals surface area (Å²) < 4.78 is 0. The second-order valence-corrected chi connectivity index (χ2v) is 5.58. The van der Waals surface area contributed by atoms with Crippen molar-refractivity contribution in [2.45, 2.75) is 64.1 Å². The summed E-state index contributed by atoms with van der Waals surface area (Å²) in [5.74, 6) is 0. The first-order chi connectivity index (χ1) is 6.62. The molecule has 82 valence electrons. The van der Waals surface area contributed by atoms with E-state index >= 15 is 0 Å². The van der Waals surface area contributed by atoms with Gasteiger partial charge in [-0.3, -0.25) is 4.90 Å². The highest BCUT2D eigenvalue weighted by Gasteiger charge is 2.37. The number of hydrogen-bond acceptors (Lipinski definition) is 2. The predicted molar refractivity (Wildman–Crippen MR) is 60.5 cm³/mol. The summed E-state index contributed by atoms with van der Waals surface area (Å²) in [6.45, 7) is 9.38. The van der Waals surface area contributed by atoms with Gasteiger partial charge in [0.05, 0.1) is 0 Å². The molecule has 2 heteroatoms. The maximum Gasteiger partial charge on any atom is 0.0253 e. The van der Waals surface area contributed by atoms with E-state index in [0.717, 1.165) is 12.1 Å². The second-order valence-electron chi connectivity index (χ2n) is 5.58. The van der Waals surface area contributed by atoms with Crippen molar-refractivity contribution in [1.29, 1.82) is 0 Å². The predicted octanol–water partition coefficient (Wildman–Crippen LogP) is 2.00. The molecule has 0 bridgehead atoms. The SMILES string of the molecule is CCC1CNC(C)(C)CN1C1CCC1. The van der Waals surface area contributed by atoms with Gasteiger partial charge in [0.15, 0.2) is 0 Å². The van der Waals surface area contributed by atoms with Gasteiger partial charge in [0, 0.05) is 30.7 Å². The number of hydrogen-bond donors (Lipinski definition) is 1. The fourth-order valence-corrected chi connectivity index (χ4v) is 2.68. The third-order valence-electron chi connectivity index (χ3n) is 3.88. The van der Waals surface area contributed by atoms with E-state index in [1.54, 1.807) is 0 Å². The fraction of sp³-hybridized carbons (Fsp3) is 1.00. The molecule has 1 N–H and O–H groups in total. The number of nitrogens with one attached hydrogen (secondary N) is 1. The minimum absolute atomic E-state index is 0.321. The molecule has 2 aliphatic rings. The summed E-state index contributed by atoms with van der Waals surface area (Å²) in [6.07, 6.45) is 5.62. The maximum absolute atomic E-state index is 3.65. The van der Waals surface area contributed by atoms with Crippen LogP contribution in [0.3, 0.4) is 0 Å². The van der Waals surface area contributed by atoms with Crippen molar-refractivity contribution in [2.24, 2.45) is 0 Å². The second kappa shape index (κ2) is 3.82. The largest absolute Gasteiger partial charge is 0.309 e. The fourth-order valence-electron chi connectivity index (χ4n) is 2.68. The van der Waals surface area contributed by atoms with Crippen LogP contribution < -0.4 is 5.32 Å². The van der Waals surface area contributed by atoms with Crippen LogP contribution >= 0.6 is 0 Å². The summed E-state index contributed by atoms with van der Waals surface area (Å²) in [5, 5.41) is 3.65. The summed E-state index contributed by atoms with van der Waals surface area (Å²) in [4.78, 5) is 2.76. The zero-order valence-electron chi connectivity index (χ0n) is 9.84. The molecule has 2 fully saturated rings. The van der Waals surface area contributed by atoms with E-state index in [1.165, 1.54) is 38.8 Å². The van der Waals surface area contributed by atoms with Gasteiger partial charge < -0.3 is 5.32 Å². The molecule has 0 aromatic rings. The van der Waals surface area contributed by atoms with Crippen LogP contribution in [0.5, 0.6) is 0 Å². The third-order valence-corrected chi connectivity index (χ3v) is 3.88. The standard InChI is InChI=1S/C12H24N2/c1-4-10-8-13-12(2,3)9-14(10)11-6-5-7-11/h10-11,13H,4-9H2,1-3H3. The molecule has 1 heterocycles. The van der Waals surface area contributed by atoms with E-state index < -0.39 is 0 Å². The first-order valence-corrected chi connectivity index (χ1v) is 6.13. The van der Waals surface area contributed by atoms with Crippen LogP contribution in [0.4, 0.5) is 0 Å². The monoisotopic (exact) mass is 196 g/mol. The Bertz CT molecular complexity index is 196. The van der Waals surface area contributed by atoms with E-state index in [-0.39, 0.29) is 0 Å². The van der Waals surface area contributed by atoms with Gasteiger partial charge in [-0.15, -0.1) is 0 Å². The zero-order chi connectivity index (χ0) is 10.2. The van der Waals surface area contributed by atoms with Gasteiger partial charge in [0.2, 0.25) is 0 Å². The van der Waals surface area contributed by atoms with Gasteiger partial charge in [0.1, 0.15) is 0 Å². The van der Waals surface area contributed by atoms with Crippen LogP contribution in [0.2, 0.25) is 0 Å².